The van der Waals surface area contributed by atoms with Gasteiger partial charge in [-0.15, -0.1) is 0 Å². The van der Waals surface area contributed by atoms with Gasteiger partial charge in [-0.1, -0.05) is 18.2 Å². The maximum Gasteiger partial charge on any atom is 0.179 e. The number of nitrogens with zero attached hydrogens (tertiary/aromatic N) is 2. The molecular formula is C17H23N3O2S. The van der Waals surface area contributed by atoms with Crippen molar-refractivity contribution >= 4 is 9.84 Å². The molecule has 0 spiro atoms. The van der Waals surface area contributed by atoms with E-state index in [2.05, 4.69) is 21.2 Å². The molecule has 0 radical (unpaired) electrons. The van der Waals surface area contributed by atoms with Crippen molar-refractivity contribution in [2.75, 3.05) is 25.4 Å². The summed E-state index contributed by atoms with van der Waals surface area (Å²) in [6.45, 7) is 4.43. The monoisotopic (exact) mass is 333 g/mol. The van der Waals surface area contributed by atoms with Crippen molar-refractivity contribution in [3.8, 4) is 0 Å². The number of sulfone groups is 1. The molecule has 1 saturated heterocycles. The number of aromatic amines is 1. The summed E-state index contributed by atoms with van der Waals surface area (Å²) in [6, 6.07) is 10.8. The van der Waals surface area contributed by atoms with Crippen LogP contribution >= 0.6 is 0 Å². The fraction of sp³-hybridized carbons (Fsp3) is 0.471. The third-order valence-electron chi connectivity index (χ3n) is 4.43. The molecule has 1 aromatic carbocycles. The number of piperidine rings is 1. The Hall–Kier alpha value is -1.66. The van der Waals surface area contributed by atoms with Gasteiger partial charge in [0, 0.05) is 24.7 Å². The van der Waals surface area contributed by atoms with Crippen LogP contribution in [0.3, 0.4) is 0 Å². The Morgan fingerprint density at radius 3 is 2.78 bits per heavy atom. The zero-order valence-electron chi connectivity index (χ0n) is 13.4. The van der Waals surface area contributed by atoms with E-state index in [9.17, 15) is 8.42 Å². The minimum atomic E-state index is -3.20. The maximum atomic E-state index is 12.4. The van der Waals surface area contributed by atoms with E-state index in [1.165, 1.54) is 0 Å². The smallest absolute Gasteiger partial charge is 0.179 e. The predicted octanol–water partition coefficient (Wildman–Crippen LogP) is 2.37. The van der Waals surface area contributed by atoms with Gasteiger partial charge in [0.05, 0.1) is 16.3 Å². The molecule has 2 aromatic rings. The van der Waals surface area contributed by atoms with Crippen molar-refractivity contribution in [2.24, 2.45) is 0 Å². The van der Waals surface area contributed by atoms with E-state index in [1.54, 1.807) is 24.3 Å². The van der Waals surface area contributed by atoms with Crippen molar-refractivity contribution in [2.45, 2.75) is 30.6 Å². The average Bonchev–Trinajstić information content (AvgIpc) is 3.01. The summed E-state index contributed by atoms with van der Waals surface area (Å²) in [7, 11) is -3.20. The van der Waals surface area contributed by atoms with Gasteiger partial charge in [0.2, 0.25) is 0 Å². The number of H-pyrrole nitrogens is 1. The first kappa shape index (κ1) is 16.2. The van der Waals surface area contributed by atoms with Crippen LogP contribution in [0.1, 0.15) is 30.1 Å². The number of hydrogen-bond donors (Lipinski definition) is 1. The summed E-state index contributed by atoms with van der Waals surface area (Å²) in [5.41, 5.74) is 2.17. The van der Waals surface area contributed by atoms with E-state index in [0.29, 0.717) is 17.4 Å². The lowest BCUT2D eigenvalue weighted by atomic mass is 9.95. The van der Waals surface area contributed by atoms with E-state index in [4.69, 9.17) is 0 Å². The van der Waals surface area contributed by atoms with Gasteiger partial charge in [0.1, 0.15) is 0 Å². The molecular weight excluding hydrogens is 310 g/mol. The van der Waals surface area contributed by atoms with Crippen LogP contribution in [0.2, 0.25) is 0 Å². The lowest BCUT2D eigenvalue weighted by Crippen LogP contribution is -2.37. The lowest BCUT2D eigenvalue weighted by molar-refractivity contribution is 0.217. The second-order valence-corrected chi connectivity index (χ2v) is 8.36. The first-order valence-corrected chi connectivity index (χ1v) is 9.72. The standard InChI is InChI=1S/C17H23N3O2S/c1-14-12-17(19-18-14)15-6-5-9-20(13-15)10-11-23(21,22)16-7-3-2-4-8-16/h2-4,7-8,12,15H,5-6,9-11,13H2,1H3,(H,18,19)/t15-/m1/s1. The minimum Gasteiger partial charge on any atom is -0.302 e. The fourth-order valence-corrected chi connectivity index (χ4v) is 4.45. The van der Waals surface area contributed by atoms with Gasteiger partial charge in [-0.25, -0.2) is 8.42 Å². The first-order valence-electron chi connectivity index (χ1n) is 8.07. The molecule has 0 aliphatic carbocycles. The van der Waals surface area contributed by atoms with Crippen LogP contribution in [0.15, 0.2) is 41.3 Å². The number of hydrogen-bond acceptors (Lipinski definition) is 4. The van der Waals surface area contributed by atoms with Gasteiger partial charge in [-0.2, -0.15) is 5.10 Å². The Morgan fingerprint density at radius 1 is 1.30 bits per heavy atom. The Morgan fingerprint density at radius 2 is 2.09 bits per heavy atom. The van der Waals surface area contributed by atoms with E-state index in [0.717, 1.165) is 37.3 Å². The number of nitrogens with one attached hydrogen (secondary N) is 1. The normalized spacial score (nSPS) is 19.8. The quantitative estimate of drug-likeness (QED) is 0.912. The van der Waals surface area contributed by atoms with Crippen molar-refractivity contribution in [1.82, 2.24) is 15.1 Å². The molecule has 0 unspecified atom stereocenters. The van der Waals surface area contributed by atoms with Gasteiger partial charge < -0.3 is 4.90 Å². The third kappa shape index (κ3) is 4.00. The number of rotatable bonds is 5. The van der Waals surface area contributed by atoms with Gasteiger partial charge in [-0.05, 0) is 44.5 Å². The molecule has 124 valence electrons. The molecule has 5 nitrogen and oxygen atoms in total. The van der Waals surface area contributed by atoms with Crippen LogP contribution < -0.4 is 0 Å². The SMILES string of the molecule is Cc1cc([C@@H]2CCCN(CCS(=O)(=O)c3ccccc3)C2)n[nH]1. The highest BCUT2D eigenvalue weighted by molar-refractivity contribution is 7.91. The van der Waals surface area contributed by atoms with Gasteiger partial charge in [0.25, 0.3) is 0 Å². The van der Waals surface area contributed by atoms with Crippen molar-refractivity contribution in [3.05, 3.63) is 47.8 Å². The van der Waals surface area contributed by atoms with Crippen molar-refractivity contribution < 1.29 is 8.42 Å². The zero-order valence-corrected chi connectivity index (χ0v) is 14.2. The molecule has 0 amide bonds. The Bertz CT molecular complexity index is 740. The van der Waals surface area contributed by atoms with Crippen LogP contribution in [0.4, 0.5) is 0 Å². The van der Waals surface area contributed by atoms with Crippen LogP contribution in [-0.4, -0.2) is 48.9 Å². The Balaban J connectivity index is 1.60. The molecule has 0 bridgehead atoms. The highest BCUT2D eigenvalue weighted by atomic mass is 32.2. The highest BCUT2D eigenvalue weighted by Crippen LogP contribution is 2.26. The summed E-state index contributed by atoms with van der Waals surface area (Å²) < 4.78 is 24.8. The summed E-state index contributed by atoms with van der Waals surface area (Å²) in [5.74, 6) is 0.566. The molecule has 1 aliphatic heterocycles. The summed E-state index contributed by atoms with van der Waals surface area (Å²) in [5, 5.41) is 7.35. The van der Waals surface area contributed by atoms with Gasteiger partial charge in [-0.3, -0.25) is 5.10 Å². The largest absolute Gasteiger partial charge is 0.302 e. The number of aromatic nitrogens is 2. The average molecular weight is 333 g/mol. The second-order valence-electron chi connectivity index (χ2n) is 6.25. The van der Waals surface area contributed by atoms with Crippen LogP contribution in [0.5, 0.6) is 0 Å². The molecule has 23 heavy (non-hydrogen) atoms. The molecule has 3 rings (SSSR count). The second kappa shape index (κ2) is 6.84. The molecule has 1 atom stereocenters. The third-order valence-corrected chi connectivity index (χ3v) is 6.14. The summed E-state index contributed by atoms with van der Waals surface area (Å²) in [4.78, 5) is 2.66. The molecule has 1 aliphatic rings. The molecule has 1 fully saturated rings. The molecule has 1 N–H and O–H groups in total. The molecule has 6 heteroatoms. The highest BCUT2D eigenvalue weighted by Gasteiger charge is 2.24. The molecule has 2 heterocycles. The molecule has 1 aromatic heterocycles. The van der Waals surface area contributed by atoms with Crippen molar-refractivity contribution in [3.63, 3.8) is 0 Å². The van der Waals surface area contributed by atoms with Crippen LogP contribution in [0.25, 0.3) is 0 Å². The minimum absolute atomic E-state index is 0.170. The van der Waals surface area contributed by atoms with Crippen molar-refractivity contribution in [1.29, 1.82) is 0 Å². The lowest BCUT2D eigenvalue weighted by Gasteiger charge is -2.31. The summed E-state index contributed by atoms with van der Waals surface area (Å²) >= 11 is 0. The Labute approximate surface area is 137 Å². The fourth-order valence-electron chi connectivity index (χ4n) is 3.14. The summed E-state index contributed by atoms with van der Waals surface area (Å²) in [6.07, 6.45) is 2.20. The number of benzene rings is 1. The zero-order chi connectivity index (χ0) is 16.3. The van der Waals surface area contributed by atoms with Gasteiger partial charge >= 0.3 is 0 Å². The van der Waals surface area contributed by atoms with E-state index >= 15 is 0 Å². The van der Waals surface area contributed by atoms with Crippen LogP contribution in [-0.2, 0) is 9.84 Å². The number of likely N-dealkylation sites (tertiary alicyclic amines) is 1. The van der Waals surface area contributed by atoms with Crippen LogP contribution in [0, 0.1) is 6.92 Å². The van der Waals surface area contributed by atoms with E-state index in [1.807, 2.05) is 13.0 Å². The van der Waals surface area contributed by atoms with Gasteiger partial charge in [0.15, 0.2) is 9.84 Å². The van der Waals surface area contributed by atoms with E-state index in [-0.39, 0.29) is 5.75 Å². The maximum absolute atomic E-state index is 12.4. The first-order chi connectivity index (χ1) is 11.0. The number of aryl methyl sites for hydroxylation is 1. The topological polar surface area (TPSA) is 66.1 Å². The Kier molecular flexibility index (Phi) is 4.82. The van der Waals surface area contributed by atoms with E-state index < -0.39 is 9.84 Å². The molecule has 0 saturated carbocycles. The predicted molar refractivity (Wildman–Crippen MR) is 90.2 cm³/mol.